The number of hydrogen-bond donors (Lipinski definition) is 1. The van der Waals surface area contributed by atoms with Crippen LogP contribution < -0.4 is 11.0 Å². The summed E-state index contributed by atoms with van der Waals surface area (Å²) < 4.78 is 2.30. The largest absolute Gasteiger partial charge is 0.271 e. The Labute approximate surface area is 137 Å². The maximum atomic E-state index is 12.1. The zero-order valence-electron chi connectivity index (χ0n) is 12.5. The van der Waals surface area contributed by atoms with Crippen LogP contribution in [0.15, 0.2) is 58.4 Å². The van der Waals surface area contributed by atoms with Gasteiger partial charge in [0.15, 0.2) is 0 Å². The SMILES string of the molecule is Cc1ccc(/C=N/NC(=O)Cn2sc3ccccc3c2=O)cc1. The van der Waals surface area contributed by atoms with Crippen molar-refractivity contribution in [3.05, 3.63) is 70.0 Å². The molecule has 0 bridgehead atoms. The van der Waals surface area contributed by atoms with E-state index in [1.807, 2.05) is 49.4 Å². The molecule has 3 rings (SSSR count). The van der Waals surface area contributed by atoms with Gasteiger partial charge in [0.25, 0.3) is 11.5 Å². The van der Waals surface area contributed by atoms with E-state index >= 15 is 0 Å². The van der Waals surface area contributed by atoms with Crippen molar-refractivity contribution in [3.63, 3.8) is 0 Å². The van der Waals surface area contributed by atoms with Gasteiger partial charge < -0.3 is 0 Å². The van der Waals surface area contributed by atoms with Crippen LogP contribution >= 0.6 is 11.5 Å². The summed E-state index contributed by atoms with van der Waals surface area (Å²) in [5.41, 5.74) is 4.35. The first-order valence-corrected chi connectivity index (χ1v) is 7.88. The second-order valence-corrected chi connectivity index (χ2v) is 6.20. The van der Waals surface area contributed by atoms with Crippen LogP contribution in [0.5, 0.6) is 0 Å². The molecule has 0 saturated carbocycles. The normalized spacial score (nSPS) is 11.2. The van der Waals surface area contributed by atoms with Crippen molar-refractivity contribution in [3.8, 4) is 0 Å². The highest BCUT2D eigenvalue weighted by molar-refractivity contribution is 7.13. The van der Waals surface area contributed by atoms with E-state index < -0.39 is 0 Å². The molecule has 116 valence electrons. The molecule has 1 heterocycles. The minimum absolute atomic E-state index is 0.0383. The number of hydrogen-bond acceptors (Lipinski definition) is 4. The highest BCUT2D eigenvalue weighted by Crippen LogP contribution is 2.15. The Morgan fingerprint density at radius 3 is 2.70 bits per heavy atom. The minimum Gasteiger partial charge on any atom is -0.271 e. The minimum atomic E-state index is -0.331. The Kier molecular flexibility index (Phi) is 4.34. The smallest absolute Gasteiger partial charge is 0.269 e. The summed E-state index contributed by atoms with van der Waals surface area (Å²) in [5, 5.41) is 4.55. The summed E-state index contributed by atoms with van der Waals surface area (Å²) in [5.74, 6) is -0.331. The maximum Gasteiger partial charge on any atom is 0.269 e. The number of rotatable bonds is 4. The Morgan fingerprint density at radius 2 is 1.96 bits per heavy atom. The van der Waals surface area contributed by atoms with Gasteiger partial charge in [-0.2, -0.15) is 5.10 Å². The first kappa shape index (κ1) is 15.2. The number of benzene rings is 2. The molecule has 0 saturated heterocycles. The van der Waals surface area contributed by atoms with Gasteiger partial charge in [-0.25, -0.2) is 5.43 Å². The van der Waals surface area contributed by atoms with Crippen molar-refractivity contribution in [1.82, 2.24) is 9.38 Å². The van der Waals surface area contributed by atoms with Crippen molar-refractivity contribution >= 4 is 33.7 Å². The quantitative estimate of drug-likeness (QED) is 0.592. The number of hydrazone groups is 1. The van der Waals surface area contributed by atoms with Gasteiger partial charge in [-0.15, -0.1) is 0 Å². The van der Waals surface area contributed by atoms with Crippen LogP contribution in [0, 0.1) is 6.92 Å². The summed E-state index contributed by atoms with van der Waals surface area (Å²) in [7, 11) is 0. The molecule has 1 N–H and O–H groups in total. The third kappa shape index (κ3) is 3.54. The molecule has 1 amide bonds. The Hall–Kier alpha value is -2.73. The Balaban J connectivity index is 1.65. The molecule has 23 heavy (non-hydrogen) atoms. The van der Waals surface area contributed by atoms with Gasteiger partial charge >= 0.3 is 0 Å². The van der Waals surface area contributed by atoms with Crippen molar-refractivity contribution in [2.24, 2.45) is 5.10 Å². The molecule has 6 heteroatoms. The summed E-state index contributed by atoms with van der Waals surface area (Å²) in [6.07, 6.45) is 1.57. The molecule has 0 radical (unpaired) electrons. The lowest BCUT2D eigenvalue weighted by Crippen LogP contribution is -2.26. The zero-order valence-corrected chi connectivity index (χ0v) is 13.3. The lowest BCUT2D eigenvalue weighted by atomic mass is 10.2. The molecule has 3 aromatic rings. The highest BCUT2D eigenvalue weighted by atomic mass is 32.1. The molecular weight excluding hydrogens is 310 g/mol. The van der Waals surface area contributed by atoms with E-state index in [1.54, 1.807) is 12.3 Å². The lowest BCUT2D eigenvalue weighted by Gasteiger charge is -1.99. The van der Waals surface area contributed by atoms with E-state index in [1.165, 1.54) is 15.5 Å². The van der Waals surface area contributed by atoms with E-state index in [0.29, 0.717) is 5.39 Å². The Morgan fingerprint density at radius 1 is 1.22 bits per heavy atom. The number of fused-ring (bicyclic) bond motifs is 1. The number of aromatic nitrogens is 1. The van der Waals surface area contributed by atoms with E-state index in [0.717, 1.165) is 15.8 Å². The van der Waals surface area contributed by atoms with Gasteiger partial charge in [-0.1, -0.05) is 53.5 Å². The molecule has 0 aliphatic rings. The first-order valence-electron chi connectivity index (χ1n) is 7.11. The molecule has 0 aliphatic heterocycles. The predicted octanol–water partition coefficient (Wildman–Crippen LogP) is 2.52. The van der Waals surface area contributed by atoms with Crippen LogP contribution in [-0.4, -0.2) is 16.1 Å². The molecule has 2 aromatic carbocycles. The van der Waals surface area contributed by atoms with Gasteiger partial charge in [0.2, 0.25) is 0 Å². The first-order chi connectivity index (χ1) is 11.1. The molecule has 0 atom stereocenters. The van der Waals surface area contributed by atoms with Crippen LogP contribution in [0.25, 0.3) is 10.1 Å². The van der Waals surface area contributed by atoms with E-state index in [-0.39, 0.29) is 18.0 Å². The average molecular weight is 325 g/mol. The number of nitrogens with one attached hydrogen (secondary N) is 1. The monoisotopic (exact) mass is 325 g/mol. The number of nitrogens with zero attached hydrogens (tertiary/aromatic N) is 2. The lowest BCUT2D eigenvalue weighted by molar-refractivity contribution is -0.121. The standard InChI is InChI=1S/C17H15N3O2S/c1-12-6-8-13(9-7-12)10-18-19-16(21)11-20-17(22)14-4-2-3-5-15(14)23-20/h2-10H,11H2,1H3,(H,19,21)/b18-10+. The van der Waals surface area contributed by atoms with Gasteiger partial charge in [-0.3, -0.25) is 13.5 Å². The number of carbonyl (C=O) groups excluding carboxylic acids is 1. The topological polar surface area (TPSA) is 63.5 Å². The zero-order chi connectivity index (χ0) is 16.2. The van der Waals surface area contributed by atoms with Crippen LogP contribution in [0.4, 0.5) is 0 Å². The predicted molar refractivity (Wildman–Crippen MR) is 93.0 cm³/mol. The summed E-state index contributed by atoms with van der Waals surface area (Å²) in [6, 6.07) is 15.1. The van der Waals surface area contributed by atoms with E-state index in [9.17, 15) is 9.59 Å². The molecule has 1 aromatic heterocycles. The van der Waals surface area contributed by atoms with Crippen molar-refractivity contribution in [1.29, 1.82) is 0 Å². The van der Waals surface area contributed by atoms with Crippen LogP contribution in [0.2, 0.25) is 0 Å². The van der Waals surface area contributed by atoms with Gasteiger partial charge in [-0.05, 0) is 24.6 Å². The summed E-state index contributed by atoms with van der Waals surface area (Å²) >= 11 is 1.28. The van der Waals surface area contributed by atoms with Gasteiger partial charge in [0.05, 0.1) is 16.3 Å². The van der Waals surface area contributed by atoms with Crippen LogP contribution in [0.1, 0.15) is 11.1 Å². The fourth-order valence-electron chi connectivity index (χ4n) is 2.12. The van der Waals surface area contributed by atoms with Crippen LogP contribution in [-0.2, 0) is 11.3 Å². The number of amides is 1. The van der Waals surface area contributed by atoms with Gasteiger partial charge in [0, 0.05) is 0 Å². The molecule has 0 fully saturated rings. The molecule has 0 spiro atoms. The second kappa shape index (κ2) is 6.58. The fourth-order valence-corrected chi connectivity index (χ4v) is 3.11. The van der Waals surface area contributed by atoms with E-state index in [4.69, 9.17) is 0 Å². The molecule has 5 nitrogen and oxygen atoms in total. The van der Waals surface area contributed by atoms with Crippen molar-refractivity contribution in [2.45, 2.75) is 13.5 Å². The molecule has 0 aliphatic carbocycles. The number of carbonyl (C=O) groups is 1. The summed E-state index contributed by atoms with van der Waals surface area (Å²) in [6.45, 7) is 1.97. The average Bonchev–Trinajstić information content (AvgIpc) is 2.86. The highest BCUT2D eigenvalue weighted by Gasteiger charge is 2.09. The molecule has 0 unspecified atom stereocenters. The third-order valence-electron chi connectivity index (χ3n) is 3.32. The number of aryl methyl sites for hydroxylation is 1. The molecular formula is C17H15N3O2S. The van der Waals surface area contributed by atoms with Crippen LogP contribution in [0.3, 0.4) is 0 Å². The third-order valence-corrected chi connectivity index (χ3v) is 4.39. The van der Waals surface area contributed by atoms with Crippen molar-refractivity contribution in [2.75, 3.05) is 0 Å². The van der Waals surface area contributed by atoms with E-state index in [2.05, 4.69) is 10.5 Å². The fraction of sp³-hybridized carbons (Fsp3) is 0.118. The van der Waals surface area contributed by atoms with Gasteiger partial charge in [0.1, 0.15) is 6.54 Å². The maximum absolute atomic E-state index is 12.1. The summed E-state index contributed by atoms with van der Waals surface area (Å²) in [4.78, 5) is 24.1. The Bertz CT molecular complexity index is 923. The second-order valence-electron chi connectivity index (χ2n) is 5.13. The van der Waals surface area contributed by atoms with Crippen molar-refractivity contribution < 1.29 is 4.79 Å².